The molecule has 0 aliphatic heterocycles. The summed E-state index contributed by atoms with van der Waals surface area (Å²) in [6, 6.07) is 0. The molecule has 4 fully saturated rings. The lowest BCUT2D eigenvalue weighted by atomic mass is 9.60. The fourth-order valence-corrected chi connectivity index (χ4v) is 12.3. The van der Waals surface area contributed by atoms with Crippen LogP contribution in [0.1, 0.15) is 165 Å². The molecule has 0 heterocycles. The zero-order chi connectivity index (χ0) is 38.9. The topological polar surface area (TPSA) is 55.8 Å². The van der Waals surface area contributed by atoms with E-state index in [-0.39, 0.29) is 39.0 Å². The molecule has 298 valence electrons. The highest BCUT2D eigenvalue weighted by molar-refractivity contribution is 6.74. The first-order valence-corrected chi connectivity index (χ1v) is 27.5. The van der Waals surface area contributed by atoms with Crippen LogP contribution < -0.4 is 0 Å². The summed E-state index contributed by atoms with van der Waals surface area (Å²) in [5, 5.41) is 11.9. The van der Waals surface area contributed by atoms with Gasteiger partial charge in [0.15, 0.2) is 16.6 Å². The highest BCUT2D eigenvalue weighted by atomic mass is 28.4. The Balaban J connectivity index is 1.49. The van der Waals surface area contributed by atoms with Gasteiger partial charge in [-0.05, 0) is 128 Å². The fraction of sp³-hybridized carbons (Fsp3) is 0.848. The van der Waals surface area contributed by atoms with Crippen LogP contribution in [0.3, 0.4) is 0 Å². The summed E-state index contributed by atoms with van der Waals surface area (Å²) in [5.74, 6) is 1.45. The molecule has 0 spiro atoms. The predicted octanol–water partition coefficient (Wildman–Crippen LogP) is 13.3. The summed E-state index contributed by atoms with van der Waals surface area (Å²) in [4.78, 5) is 13.6. The standard InChI is InChI=1S/C46H82O4Si2/c1-15-16-17-18-19-27-46(28-29-46)42(48)32-40(47)34(3)38-24-25-39-35(21-20-26-45(38,39)10)22-23-36-30-37(49-51(11,12)43(4,5)6)31-41(33(36)2)50-52(13,14)44(7,8)9/h22-23,34,37-41,47H,2,15-21,24-32H2,1,3-14H3/b35-22+,36-23-/t34-,37+,38+,39-,40?,41-,45+/m0/s1. The van der Waals surface area contributed by atoms with Gasteiger partial charge in [0.2, 0.25) is 0 Å². The highest BCUT2D eigenvalue weighted by Crippen LogP contribution is 2.60. The maximum absolute atomic E-state index is 13.6. The van der Waals surface area contributed by atoms with Gasteiger partial charge in [-0.3, -0.25) is 4.79 Å². The van der Waals surface area contributed by atoms with Gasteiger partial charge in [-0.15, -0.1) is 0 Å². The zero-order valence-corrected chi connectivity index (χ0v) is 38.3. The molecule has 0 saturated heterocycles. The van der Waals surface area contributed by atoms with Crippen molar-refractivity contribution in [3.05, 3.63) is 35.5 Å². The van der Waals surface area contributed by atoms with Crippen molar-refractivity contribution in [2.24, 2.45) is 28.6 Å². The van der Waals surface area contributed by atoms with Crippen molar-refractivity contribution < 1.29 is 18.8 Å². The van der Waals surface area contributed by atoms with Crippen LogP contribution in [-0.2, 0) is 13.6 Å². The van der Waals surface area contributed by atoms with E-state index in [1.807, 2.05) is 0 Å². The Bertz CT molecular complexity index is 1310. The molecule has 4 rings (SSSR count). The monoisotopic (exact) mass is 755 g/mol. The minimum Gasteiger partial charge on any atom is -0.413 e. The molecule has 0 radical (unpaired) electrons. The van der Waals surface area contributed by atoms with Crippen LogP contribution in [0.15, 0.2) is 35.5 Å². The number of carbonyl (C=O) groups excluding carboxylic acids is 1. The number of allylic oxidation sites excluding steroid dienone is 3. The van der Waals surface area contributed by atoms with Gasteiger partial charge >= 0.3 is 0 Å². The number of carbonyl (C=O) groups is 1. The molecule has 4 aliphatic rings. The minimum atomic E-state index is -2.02. The van der Waals surface area contributed by atoms with Crippen molar-refractivity contribution >= 4 is 22.4 Å². The van der Waals surface area contributed by atoms with E-state index in [1.54, 1.807) is 5.57 Å². The highest BCUT2D eigenvalue weighted by Gasteiger charge is 2.53. The van der Waals surface area contributed by atoms with E-state index < -0.39 is 22.7 Å². The van der Waals surface area contributed by atoms with Gasteiger partial charge < -0.3 is 14.0 Å². The lowest BCUT2D eigenvalue weighted by Crippen LogP contribution is -2.49. The Morgan fingerprint density at radius 1 is 0.942 bits per heavy atom. The van der Waals surface area contributed by atoms with E-state index in [0.29, 0.717) is 24.0 Å². The number of aliphatic hydroxyl groups is 1. The summed E-state index contributed by atoms with van der Waals surface area (Å²) in [5.41, 5.74) is 4.07. The first-order chi connectivity index (χ1) is 24.0. The number of fused-ring (bicyclic) bond motifs is 1. The van der Waals surface area contributed by atoms with E-state index in [1.165, 1.54) is 50.5 Å². The number of unbranched alkanes of at least 4 members (excludes halogenated alkanes) is 4. The molecule has 4 saturated carbocycles. The predicted molar refractivity (Wildman–Crippen MR) is 227 cm³/mol. The summed E-state index contributed by atoms with van der Waals surface area (Å²) >= 11 is 0. The number of ketones is 1. The first kappa shape index (κ1) is 43.9. The lowest BCUT2D eigenvalue weighted by Gasteiger charge is -2.46. The average Bonchev–Trinajstić information content (AvgIpc) is 3.74. The maximum Gasteiger partial charge on any atom is 0.192 e. The number of Topliss-reactive ketones (excluding diaryl/α,β-unsaturated/α-hetero) is 1. The zero-order valence-electron chi connectivity index (χ0n) is 36.3. The van der Waals surface area contributed by atoms with Crippen LogP contribution in [0.5, 0.6) is 0 Å². The lowest BCUT2D eigenvalue weighted by molar-refractivity contribution is -0.127. The smallest absolute Gasteiger partial charge is 0.192 e. The van der Waals surface area contributed by atoms with Crippen LogP contribution in [-0.4, -0.2) is 45.8 Å². The normalized spacial score (nSPS) is 31.2. The van der Waals surface area contributed by atoms with Crippen molar-refractivity contribution in [1.82, 2.24) is 0 Å². The number of rotatable bonds is 16. The molecule has 0 amide bonds. The third-order valence-corrected chi connectivity index (χ3v) is 24.6. The largest absolute Gasteiger partial charge is 0.413 e. The number of aliphatic hydroxyl groups excluding tert-OH is 1. The molecular formula is C46H82O4Si2. The second kappa shape index (κ2) is 16.7. The maximum atomic E-state index is 13.6. The molecule has 52 heavy (non-hydrogen) atoms. The third-order valence-electron chi connectivity index (χ3n) is 15.6. The van der Waals surface area contributed by atoms with Crippen LogP contribution in [0.2, 0.25) is 36.3 Å². The summed E-state index contributed by atoms with van der Waals surface area (Å²) in [6.45, 7) is 35.1. The van der Waals surface area contributed by atoms with Crippen molar-refractivity contribution in [3.63, 3.8) is 0 Å². The van der Waals surface area contributed by atoms with E-state index in [2.05, 4.69) is 101 Å². The van der Waals surface area contributed by atoms with E-state index in [0.717, 1.165) is 56.9 Å². The number of hydrogen-bond donors (Lipinski definition) is 1. The molecule has 6 heteroatoms. The minimum absolute atomic E-state index is 0.0116. The molecular weight excluding hydrogens is 673 g/mol. The Morgan fingerprint density at radius 2 is 1.56 bits per heavy atom. The second-order valence-corrected chi connectivity index (χ2v) is 30.9. The van der Waals surface area contributed by atoms with Crippen LogP contribution in [0.4, 0.5) is 0 Å². The Hall–Kier alpha value is -0.796. The van der Waals surface area contributed by atoms with E-state index in [4.69, 9.17) is 15.4 Å². The summed E-state index contributed by atoms with van der Waals surface area (Å²) in [6.07, 6.45) is 21.8. The van der Waals surface area contributed by atoms with Gasteiger partial charge in [0, 0.05) is 18.3 Å². The van der Waals surface area contributed by atoms with Gasteiger partial charge in [0.25, 0.3) is 0 Å². The third kappa shape index (κ3) is 9.95. The van der Waals surface area contributed by atoms with E-state index >= 15 is 0 Å². The van der Waals surface area contributed by atoms with Gasteiger partial charge in [-0.25, -0.2) is 0 Å². The number of hydrogen-bond acceptors (Lipinski definition) is 4. The average molecular weight is 755 g/mol. The van der Waals surface area contributed by atoms with Gasteiger partial charge in [0.05, 0.1) is 18.3 Å². The van der Waals surface area contributed by atoms with Crippen LogP contribution in [0, 0.1) is 28.6 Å². The molecule has 4 aliphatic carbocycles. The molecule has 4 nitrogen and oxygen atoms in total. The quantitative estimate of drug-likeness (QED) is 0.126. The Kier molecular flexibility index (Phi) is 14.1. The van der Waals surface area contributed by atoms with Crippen molar-refractivity contribution in [2.75, 3.05) is 0 Å². The van der Waals surface area contributed by atoms with Gasteiger partial charge in [-0.1, -0.05) is 119 Å². The van der Waals surface area contributed by atoms with Crippen LogP contribution in [0.25, 0.3) is 0 Å². The van der Waals surface area contributed by atoms with Crippen molar-refractivity contribution in [1.29, 1.82) is 0 Å². The summed E-state index contributed by atoms with van der Waals surface area (Å²) < 4.78 is 14.2. The molecule has 0 aromatic heterocycles. The molecule has 7 atom stereocenters. The molecule has 1 unspecified atom stereocenters. The molecule has 0 aromatic rings. The molecule has 1 N–H and O–H groups in total. The SMILES string of the molecule is C=C1/C(=C\C=C2/CCC[C@]3(C)[C@@H]([C@H](C)C(O)CC(=O)C4(CCCCCCC)CC4)CC[C@@H]23)C[C@@H](O[Si](C)(C)C(C)(C)C)C[C@@H]1O[Si](C)(C)C(C)(C)C. The van der Waals surface area contributed by atoms with Crippen molar-refractivity contribution in [2.45, 2.75) is 220 Å². The first-order valence-electron chi connectivity index (χ1n) is 21.6. The van der Waals surface area contributed by atoms with Gasteiger partial charge in [0.1, 0.15) is 5.78 Å². The second-order valence-electron chi connectivity index (χ2n) is 21.4. The fourth-order valence-electron chi connectivity index (χ4n) is 9.65. The van der Waals surface area contributed by atoms with Crippen molar-refractivity contribution in [3.8, 4) is 0 Å². The molecule has 0 aromatic carbocycles. The van der Waals surface area contributed by atoms with Crippen LogP contribution >= 0.6 is 0 Å². The Labute approximate surface area is 323 Å². The van der Waals surface area contributed by atoms with Gasteiger partial charge in [-0.2, -0.15) is 0 Å². The summed E-state index contributed by atoms with van der Waals surface area (Å²) in [7, 11) is -3.98. The van der Waals surface area contributed by atoms with E-state index in [9.17, 15) is 9.90 Å². The molecule has 0 bridgehead atoms. The Morgan fingerprint density at radius 3 is 2.15 bits per heavy atom.